The molecule has 0 spiro atoms. The second-order valence-electron chi connectivity index (χ2n) is 4.94. The Kier molecular flexibility index (Phi) is 6.59. The van der Waals surface area contributed by atoms with Gasteiger partial charge in [-0.3, -0.25) is 0 Å². The Labute approximate surface area is 147 Å². The molecule has 0 fully saturated rings. The first-order valence-corrected chi connectivity index (χ1v) is 9.39. The third-order valence-corrected chi connectivity index (χ3v) is 6.03. The molecule has 0 aliphatic rings. The smallest absolute Gasteiger partial charge is 0.119 e. The van der Waals surface area contributed by atoms with Crippen molar-refractivity contribution in [2.24, 2.45) is 0 Å². The second kappa shape index (κ2) is 8.21. The van der Waals surface area contributed by atoms with Crippen LogP contribution >= 0.6 is 43.5 Å². The first-order chi connectivity index (χ1) is 10.2. The van der Waals surface area contributed by atoms with E-state index in [1.54, 1.807) is 0 Å². The van der Waals surface area contributed by atoms with Crippen LogP contribution in [0.1, 0.15) is 12.0 Å². The van der Waals surface area contributed by atoms with Gasteiger partial charge in [-0.05, 0) is 30.2 Å². The molecule has 0 atom stereocenters. The van der Waals surface area contributed by atoms with Crippen LogP contribution < -0.4 is 4.74 Å². The fourth-order valence-corrected chi connectivity index (χ4v) is 4.65. The predicted molar refractivity (Wildman–Crippen MR) is 97.3 cm³/mol. The van der Waals surface area contributed by atoms with Gasteiger partial charge in [0.2, 0.25) is 0 Å². The lowest BCUT2D eigenvalue weighted by Crippen LogP contribution is -2.32. The van der Waals surface area contributed by atoms with Crippen molar-refractivity contribution in [3.63, 3.8) is 0 Å². The first-order valence-electron chi connectivity index (χ1n) is 6.76. The van der Waals surface area contributed by atoms with E-state index in [4.69, 9.17) is 16.3 Å². The highest BCUT2D eigenvalue weighted by molar-refractivity contribution is 9.09. The van der Waals surface area contributed by atoms with Gasteiger partial charge in [-0.15, -0.1) is 0 Å². The quantitative estimate of drug-likeness (QED) is 0.500. The molecule has 21 heavy (non-hydrogen) atoms. The lowest BCUT2D eigenvalue weighted by atomic mass is 9.81. The Morgan fingerprint density at radius 3 is 2.14 bits per heavy atom. The maximum atomic E-state index is 6.38. The number of halogens is 3. The Bertz CT molecular complexity index is 556. The standard InChI is InChI=1S/C17H17Br2ClO/c18-12-17(13-19,15-8-4-5-9-16(15)20)10-11-21-14-6-2-1-3-7-14/h1-9H,10-13H2. The number of hydrogen-bond acceptors (Lipinski definition) is 1. The summed E-state index contributed by atoms with van der Waals surface area (Å²) in [6, 6.07) is 17.9. The van der Waals surface area contributed by atoms with Crippen LogP contribution in [-0.4, -0.2) is 17.3 Å². The Morgan fingerprint density at radius 1 is 0.905 bits per heavy atom. The van der Waals surface area contributed by atoms with Crippen LogP contribution in [0.25, 0.3) is 0 Å². The van der Waals surface area contributed by atoms with E-state index in [9.17, 15) is 0 Å². The molecule has 1 nitrogen and oxygen atoms in total. The van der Waals surface area contributed by atoms with Crippen molar-refractivity contribution < 1.29 is 4.74 Å². The van der Waals surface area contributed by atoms with Crippen molar-refractivity contribution in [2.45, 2.75) is 11.8 Å². The molecule has 0 saturated carbocycles. The van der Waals surface area contributed by atoms with Gasteiger partial charge in [0.1, 0.15) is 5.75 Å². The van der Waals surface area contributed by atoms with Gasteiger partial charge >= 0.3 is 0 Å². The number of hydrogen-bond donors (Lipinski definition) is 0. The minimum atomic E-state index is -0.0763. The summed E-state index contributed by atoms with van der Waals surface area (Å²) in [5.74, 6) is 0.898. The fraction of sp³-hybridized carbons (Fsp3) is 0.294. The van der Waals surface area contributed by atoms with Crippen molar-refractivity contribution in [1.82, 2.24) is 0 Å². The normalized spacial score (nSPS) is 11.4. The van der Waals surface area contributed by atoms with Crippen molar-refractivity contribution >= 4 is 43.5 Å². The summed E-state index contributed by atoms with van der Waals surface area (Å²) < 4.78 is 5.84. The van der Waals surface area contributed by atoms with Crippen molar-refractivity contribution in [2.75, 3.05) is 17.3 Å². The molecule has 0 heterocycles. The molecule has 0 aliphatic heterocycles. The second-order valence-corrected chi connectivity index (χ2v) is 6.47. The lowest BCUT2D eigenvalue weighted by Gasteiger charge is -2.31. The van der Waals surface area contributed by atoms with E-state index >= 15 is 0 Å². The number of alkyl halides is 2. The van der Waals surface area contributed by atoms with Crippen LogP contribution in [0.3, 0.4) is 0 Å². The van der Waals surface area contributed by atoms with Gasteiger partial charge in [0.25, 0.3) is 0 Å². The zero-order valence-corrected chi connectivity index (χ0v) is 15.5. The zero-order chi connectivity index (χ0) is 15.1. The first kappa shape index (κ1) is 16.9. The van der Waals surface area contributed by atoms with Crippen LogP contribution in [0.2, 0.25) is 5.02 Å². The van der Waals surface area contributed by atoms with Gasteiger partial charge < -0.3 is 4.74 Å². The Hall–Kier alpha value is -0.510. The molecular weight excluding hydrogens is 415 g/mol. The van der Waals surface area contributed by atoms with E-state index < -0.39 is 0 Å². The third-order valence-electron chi connectivity index (χ3n) is 3.55. The molecule has 2 aromatic carbocycles. The van der Waals surface area contributed by atoms with Crippen LogP contribution in [0.5, 0.6) is 5.75 Å². The average molecular weight is 433 g/mol. The molecule has 0 aromatic heterocycles. The molecular formula is C17H17Br2ClO. The molecule has 0 radical (unpaired) electrons. The van der Waals surface area contributed by atoms with E-state index in [0.717, 1.165) is 33.4 Å². The van der Waals surface area contributed by atoms with Gasteiger partial charge in [-0.1, -0.05) is 79.9 Å². The summed E-state index contributed by atoms with van der Waals surface area (Å²) in [4.78, 5) is 0. The Balaban J connectivity index is 2.10. The molecule has 0 N–H and O–H groups in total. The van der Waals surface area contributed by atoms with Gasteiger partial charge in [0.15, 0.2) is 0 Å². The SMILES string of the molecule is Clc1ccccc1C(CBr)(CBr)CCOc1ccccc1. The van der Waals surface area contributed by atoms with Crippen molar-refractivity contribution in [1.29, 1.82) is 0 Å². The third kappa shape index (κ3) is 4.24. The number of rotatable bonds is 7. The number of benzene rings is 2. The Morgan fingerprint density at radius 2 is 1.52 bits per heavy atom. The highest BCUT2D eigenvalue weighted by atomic mass is 79.9. The fourth-order valence-electron chi connectivity index (χ4n) is 2.22. The van der Waals surface area contributed by atoms with Gasteiger partial charge in [-0.25, -0.2) is 0 Å². The van der Waals surface area contributed by atoms with E-state index in [1.807, 2.05) is 48.5 Å². The van der Waals surface area contributed by atoms with Crippen molar-refractivity contribution in [3.8, 4) is 5.75 Å². The van der Waals surface area contributed by atoms with Gasteiger partial charge in [0, 0.05) is 21.1 Å². The molecule has 112 valence electrons. The van der Waals surface area contributed by atoms with Gasteiger partial charge in [-0.2, -0.15) is 0 Å². The summed E-state index contributed by atoms with van der Waals surface area (Å²) in [6.07, 6.45) is 0.877. The highest BCUT2D eigenvalue weighted by Gasteiger charge is 2.32. The monoisotopic (exact) mass is 430 g/mol. The number of ether oxygens (including phenoxy) is 1. The molecule has 2 rings (SSSR count). The van der Waals surface area contributed by atoms with E-state index in [-0.39, 0.29) is 5.41 Å². The minimum absolute atomic E-state index is 0.0763. The van der Waals surface area contributed by atoms with Crippen LogP contribution in [0.15, 0.2) is 54.6 Å². The summed E-state index contributed by atoms with van der Waals surface area (Å²) in [7, 11) is 0. The topological polar surface area (TPSA) is 9.23 Å². The lowest BCUT2D eigenvalue weighted by molar-refractivity contribution is 0.277. The van der Waals surface area contributed by atoms with Crippen LogP contribution in [0, 0.1) is 0 Å². The number of para-hydroxylation sites is 1. The van der Waals surface area contributed by atoms with Gasteiger partial charge in [0.05, 0.1) is 6.61 Å². The summed E-state index contributed by atoms with van der Waals surface area (Å²) in [5, 5.41) is 2.45. The molecule has 0 saturated heterocycles. The highest BCUT2D eigenvalue weighted by Crippen LogP contribution is 2.36. The molecule has 0 amide bonds. The predicted octanol–water partition coefficient (Wildman–Crippen LogP) is 5.84. The summed E-state index contributed by atoms with van der Waals surface area (Å²) in [6.45, 7) is 0.645. The molecule has 0 unspecified atom stereocenters. The summed E-state index contributed by atoms with van der Waals surface area (Å²) >= 11 is 13.7. The molecule has 4 heteroatoms. The van der Waals surface area contributed by atoms with E-state index in [2.05, 4.69) is 37.9 Å². The largest absolute Gasteiger partial charge is 0.494 e. The molecule has 0 bridgehead atoms. The zero-order valence-electron chi connectivity index (χ0n) is 11.6. The van der Waals surface area contributed by atoms with Crippen LogP contribution in [-0.2, 0) is 5.41 Å². The summed E-state index contributed by atoms with van der Waals surface area (Å²) in [5.41, 5.74) is 1.07. The molecule has 2 aromatic rings. The molecule has 0 aliphatic carbocycles. The maximum absolute atomic E-state index is 6.38. The van der Waals surface area contributed by atoms with E-state index in [0.29, 0.717) is 6.61 Å². The van der Waals surface area contributed by atoms with Crippen LogP contribution in [0.4, 0.5) is 0 Å². The van der Waals surface area contributed by atoms with Crippen molar-refractivity contribution in [3.05, 3.63) is 65.2 Å². The average Bonchev–Trinajstić information content (AvgIpc) is 2.54. The minimum Gasteiger partial charge on any atom is -0.494 e. The maximum Gasteiger partial charge on any atom is 0.119 e. The van der Waals surface area contributed by atoms with E-state index in [1.165, 1.54) is 0 Å².